The molecular weight excluding hydrogens is 250 g/mol. The highest BCUT2D eigenvalue weighted by Gasteiger charge is 2.32. The molecule has 0 saturated carbocycles. The van der Waals surface area contributed by atoms with Crippen LogP contribution in [0, 0.1) is 11.3 Å². The van der Waals surface area contributed by atoms with Crippen LogP contribution in [0.1, 0.15) is 25.1 Å². The molecule has 0 unspecified atom stereocenters. The molecule has 0 aliphatic rings. The highest BCUT2D eigenvalue weighted by Crippen LogP contribution is 2.31. The lowest BCUT2D eigenvalue weighted by atomic mass is 10.1. The lowest BCUT2D eigenvalue weighted by Crippen LogP contribution is -2.46. The number of hydrogen-bond acceptors (Lipinski definition) is 5. The molecule has 18 heavy (non-hydrogen) atoms. The van der Waals surface area contributed by atoms with Crippen LogP contribution in [0.5, 0.6) is 0 Å². The molecule has 1 heterocycles. The Balaban J connectivity index is 2.76. The van der Waals surface area contributed by atoms with Gasteiger partial charge in [0.25, 0.3) is 0 Å². The quantitative estimate of drug-likeness (QED) is 0.834. The molecule has 3 N–H and O–H groups in total. The van der Waals surface area contributed by atoms with Gasteiger partial charge in [-0.15, -0.1) is 11.8 Å². The summed E-state index contributed by atoms with van der Waals surface area (Å²) < 4.78 is -0.617. The molecule has 1 rings (SSSR count). The summed E-state index contributed by atoms with van der Waals surface area (Å²) in [6.07, 6.45) is 1.56. The SMILES string of the molecule is CC(C)(SCc1cccnc1C#N)[C@@H](N)C(=O)O. The molecule has 6 heteroatoms. The number of aromatic nitrogens is 1. The maximum Gasteiger partial charge on any atom is 0.321 e. The summed E-state index contributed by atoms with van der Waals surface area (Å²) in [6, 6.07) is 4.62. The number of carboxylic acids is 1. The van der Waals surface area contributed by atoms with Gasteiger partial charge < -0.3 is 10.8 Å². The Kier molecular flexibility index (Phi) is 4.70. The van der Waals surface area contributed by atoms with Crippen LogP contribution in [0.25, 0.3) is 0 Å². The van der Waals surface area contributed by atoms with E-state index in [9.17, 15) is 4.79 Å². The number of carbonyl (C=O) groups is 1. The molecule has 1 aromatic heterocycles. The van der Waals surface area contributed by atoms with Gasteiger partial charge in [0.05, 0.1) is 0 Å². The molecule has 0 spiro atoms. The van der Waals surface area contributed by atoms with Crippen LogP contribution in [-0.4, -0.2) is 26.8 Å². The van der Waals surface area contributed by atoms with Gasteiger partial charge in [-0.25, -0.2) is 4.98 Å². The van der Waals surface area contributed by atoms with Crippen molar-refractivity contribution in [3.63, 3.8) is 0 Å². The zero-order valence-electron chi connectivity index (χ0n) is 10.3. The largest absolute Gasteiger partial charge is 0.480 e. The summed E-state index contributed by atoms with van der Waals surface area (Å²) in [5, 5.41) is 17.8. The van der Waals surface area contributed by atoms with Crippen LogP contribution < -0.4 is 5.73 Å². The van der Waals surface area contributed by atoms with E-state index in [2.05, 4.69) is 4.98 Å². The van der Waals surface area contributed by atoms with E-state index in [1.54, 1.807) is 32.2 Å². The molecule has 0 aromatic carbocycles. The number of nitrogens with zero attached hydrogens (tertiary/aromatic N) is 2. The molecule has 5 nitrogen and oxygen atoms in total. The maximum absolute atomic E-state index is 10.9. The summed E-state index contributed by atoms with van der Waals surface area (Å²) in [4.78, 5) is 14.8. The van der Waals surface area contributed by atoms with Gasteiger partial charge in [-0.1, -0.05) is 6.07 Å². The fourth-order valence-electron chi connectivity index (χ4n) is 1.31. The van der Waals surface area contributed by atoms with Crippen molar-refractivity contribution in [2.75, 3.05) is 0 Å². The number of pyridine rings is 1. The number of nitriles is 1. The van der Waals surface area contributed by atoms with Crippen LogP contribution >= 0.6 is 11.8 Å². The van der Waals surface area contributed by atoms with Gasteiger partial charge in [0, 0.05) is 16.7 Å². The van der Waals surface area contributed by atoms with Crippen LogP contribution in [0.4, 0.5) is 0 Å². The summed E-state index contributed by atoms with van der Waals surface area (Å²) in [7, 11) is 0. The van der Waals surface area contributed by atoms with E-state index in [1.807, 2.05) is 6.07 Å². The Bertz CT molecular complexity index is 482. The van der Waals surface area contributed by atoms with E-state index in [4.69, 9.17) is 16.1 Å². The molecule has 0 aliphatic carbocycles. The second-order valence-electron chi connectivity index (χ2n) is 4.33. The average molecular weight is 265 g/mol. The standard InChI is InChI=1S/C12H15N3O2S/c1-12(2,10(14)11(16)17)18-7-8-4-3-5-15-9(8)6-13/h3-5,10H,7,14H2,1-2H3,(H,16,17)/t10-/m0/s1. The smallest absolute Gasteiger partial charge is 0.321 e. The monoisotopic (exact) mass is 265 g/mol. The third-order valence-corrected chi connectivity index (χ3v) is 4.07. The minimum absolute atomic E-state index is 0.365. The second-order valence-corrected chi connectivity index (χ2v) is 5.96. The molecule has 1 aromatic rings. The number of hydrogen-bond donors (Lipinski definition) is 2. The van der Waals surface area contributed by atoms with Gasteiger partial charge >= 0.3 is 5.97 Å². The van der Waals surface area contributed by atoms with Crippen molar-refractivity contribution in [3.05, 3.63) is 29.6 Å². The van der Waals surface area contributed by atoms with Gasteiger partial charge in [0.1, 0.15) is 17.8 Å². The van der Waals surface area contributed by atoms with E-state index in [0.29, 0.717) is 11.4 Å². The minimum atomic E-state index is -1.03. The maximum atomic E-state index is 10.9. The topological polar surface area (TPSA) is 100 Å². The third-order valence-electron chi connectivity index (χ3n) is 2.61. The van der Waals surface area contributed by atoms with Gasteiger partial charge in [0.2, 0.25) is 0 Å². The second kappa shape index (κ2) is 5.85. The lowest BCUT2D eigenvalue weighted by molar-refractivity contribution is -0.139. The van der Waals surface area contributed by atoms with Gasteiger partial charge in [-0.2, -0.15) is 5.26 Å². The van der Waals surface area contributed by atoms with Crippen LogP contribution in [0.3, 0.4) is 0 Å². The predicted molar refractivity (Wildman–Crippen MR) is 69.9 cm³/mol. The highest BCUT2D eigenvalue weighted by molar-refractivity contribution is 7.99. The first-order chi connectivity index (χ1) is 8.38. The van der Waals surface area contributed by atoms with Crippen LogP contribution in [0.2, 0.25) is 0 Å². The fourth-order valence-corrected chi connectivity index (χ4v) is 2.35. The lowest BCUT2D eigenvalue weighted by Gasteiger charge is -2.28. The molecule has 0 radical (unpaired) electrons. The predicted octanol–water partition coefficient (Wildman–Crippen LogP) is 1.38. The van der Waals surface area contributed by atoms with Crippen molar-refractivity contribution < 1.29 is 9.90 Å². The Morgan fingerprint density at radius 1 is 1.72 bits per heavy atom. The summed E-state index contributed by atoms with van der Waals surface area (Å²) >= 11 is 1.40. The van der Waals surface area contributed by atoms with E-state index >= 15 is 0 Å². The van der Waals surface area contributed by atoms with Crippen LogP contribution in [-0.2, 0) is 10.5 Å². The summed E-state index contributed by atoms with van der Waals surface area (Å²) in [5.74, 6) is -0.524. The van der Waals surface area contributed by atoms with Crippen molar-refractivity contribution in [2.24, 2.45) is 5.73 Å². The normalized spacial score (nSPS) is 12.8. The molecular formula is C12H15N3O2S. The zero-order valence-corrected chi connectivity index (χ0v) is 11.1. The summed E-state index contributed by atoms with van der Waals surface area (Å²) in [5.41, 5.74) is 6.78. The van der Waals surface area contributed by atoms with E-state index in [1.165, 1.54) is 11.8 Å². The van der Waals surface area contributed by atoms with E-state index in [-0.39, 0.29) is 0 Å². The average Bonchev–Trinajstić information content (AvgIpc) is 2.35. The van der Waals surface area contributed by atoms with Gasteiger partial charge in [-0.05, 0) is 25.5 Å². The number of carboxylic acid groups (broad SMARTS) is 1. The summed E-state index contributed by atoms with van der Waals surface area (Å²) in [6.45, 7) is 3.55. The molecule has 0 bridgehead atoms. The number of nitrogens with two attached hydrogens (primary N) is 1. The molecule has 0 amide bonds. The van der Waals surface area contributed by atoms with Crippen molar-refractivity contribution in [1.29, 1.82) is 5.26 Å². The van der Waals surface area contributed by atoms with Crippen molar-refractivity contribution in [3.8, 4) is 6.07 Å². The fraction of sp³-hybridized carbons (Fsp3) is 0.417. The Morgan fingerprint density at radius 2 is 2.39 bits per heavy atom. The first-order valence-electron chi connectivity index (χ1n) is 5.35. The molecule has 0 aliphatic heterocycles. The van der Waals surface area contributed by atoms with Gasteiger partial charge in [-0.3, -0.25) is 4.79 Å². The Morgan fingerprint density at radius 3 is 2.94 bits per heavy atom. The molecule has 0 fully saturated rings. The van der Waals surface area contributed by atoms with Crippen molar-refractivity contribution in [1.82, 2.24) is 4.98 Å². The van der Waals surface area contributed by atoms with Crippen molar-refractivity contribution in [2.45, 2.75) is 30.4 Å². The first-order valence-corrected chi connectivity index (χ1v) is 6.33. The van der Waals surface area contributed by atoms with Gasteiger partial charge in [0.15, 0.2) is 0 Å². The Labute approximate surface area is 110 Å². The first kappa shape index (κ1) is 14.5. The number of rotatable bonds is 5. The van der Waals surface area contributed by atoms with Crippen molar-refractivity contribution >= 4 is 17.7 Å². The van der Waals surface area contributed by atoms with E-state index in [0.717, 1.165) is 5.56 Å². The number of thioether (sulfide) groups is 1. The number of aliphatic carboxylic acids is 1. The van der Waals surface area contributed by atoms with Crippen LogP contribution in [0.15, 0.2) is 18.3 Å². The zero-order chi connectivity index (χ0) is 13.8. The van der Waals surface area contributed by atoms with E-state index < -0.39 is 16.8 Å². The molecule has 0 saturated heterocycles. The Hall–Kier alpha value is -1.58. The highest BCUT2D eigenvalue weighted by atomic mass is 32.2. The third kappa shape index (κ3) is 3.45. The molecule has 96 valence electrons. The minimum Gasteiger partial charge on any atom is -0.480 e. The molecule has 1 atom stereocenters.